The van der Waals surface area contributed by atoms with Gasteiger partial charge in [0.25, 0.3) is 0 Å². The van der Waals surface area contributed by atoms with Crippen LogP contribution < -0.4 is 14.8 Å². The Balaban J connectivity index is 1.58. The first kappa shape index (κ1) is 21.2. The second-order valence-corrected chi connectivity index (χ2v) is 10.2. The molecule has 9 heteroatoms. The van der Waals surface area contributed by atoms with Crippen LogP contribution in [0.4, 0.5) is 5.88 Å². The molecule has 7 nitrogen and oxygen atoms in total. The van der Waals surface area contributed by atoms with Gasteiger partial charge in [0.05, 0.1) is 15.5 Å². The van der Waals surface area contributed by atoms with E-state index < -0.39 is 9.84 Å². The third kappa shape index (κ3) is 4.04. The minimum absolute atomic E-state index is 0.0625. The number of aromatic nitrogens is 1. The number of benzene rings is 2. The Morgan fingerprint density at radius 3 is 2.50 bits per heavy atom. The summed E-state index contributed by atoms with van der Waals surface area (Å²) in [7, 11) is -4.00. The highest BCUT2D eigenvalue weighted by atomic mass is 35.5. The van der Waals surface area contributed by atoms with Gasteiger partial charge in [0.1, 0.15) is 13.2 Å². The number of hydrogen-bond donors (Lipinski definition) is 1. The largest absolute Gasteiger partial charge is 0.486 e. The molecule has 168 valence electrons. The summed E-state index contributed by atoms with van der Waals surface area (Å²) in [4.78, 5) is 4.46. The highest BCUT2D eigenvalue weighted by Gasteiger charge is 2.31. The molecule has 1 aliphatic heterocycles. The van der Waals surface area contributed by atoms with Crippen LogP contribution in [-0.2, 0) is 9.84 Å². The van der Waals surface area contributed by atoms with Crippen LogP contribution in [0.1, 0.15) is 32.1 Å². The molecule has 32 heavy (non-hydrogen) atoms. The van der Waals surface area contributed by atoms with E-state index in [0.29, 0.717) is 35.3 Å². The predicted octanol–water partition coefficient (Wildman–Crippen LogP) is 5.34. The lowest BCUT2D eigenvalue weighted by Crippen LogP contribution is -2.23. The van der Waals surface area contributed by atoms with Gasteiger partial charge in [-0.2, -0.15) is 4.98 Å². The van der Waals surface area contributed by atoms with Crippen molar-refractivity contribution in [2.45, 2.75) is 48.1 Å². The van der Waals surface area contributed by atoms with E-state index in [1.807, 2.05) is 0 Å². The topological polar surface area (TPSA) is 90.7 Å². The van der Waals surface area contributed by atoms with Crippen LogP contribution >= 0.6 is 11.6 Å². The molecular weight excluding hydrogens is 452 g/mol. The maximum Gasteiger partial charge on any atom is 0.234 e. The molecular formula is C23H23ClN2O5S. The first-order chi connectivity index (χ1) is 15.5. The molecule has 1 fully saturated rings. The number of ether oxygens (including phenoxy) is 2. The Morgan fingerprint density at radius 1 is 0.969 bits per heavy atom. The van der Waals surface area contributed by atoms with Crippen LogP contribution in [0.25, 0.3) is 11.5 Å². The van der Waals surface area contributed by atoms with Gasteiger partial charge >= 0.3 is 0 Å². The van der Waals surface area contributed by atoms with Gasteiger partial charge in [0, 0.05) is 12.1 Å². The standard InChI is InChI=1S/C23H23ClN2O5S/c24-18-9-5-4-8-17(18)21-26-23(22(31-21)25-15-6-2-1-3-7-15)32(27,28)16-10-11-19-20(14-16)30-13-12-29-19/h4-5,8-11,14-15,25H,1-3,6-7,12-13H2. The Hall–Kier alpha value is -2.71. The number of sulfone groups is 1. The van der Waals surface area contributed by atoms with Gasteiger partial charge in [0.2, 0.25) is 26.6 Å². The van der Waals surface area contributed by atoms with Crippen LogP contribution in [0, 0.1) is 0 Å². The molecule has 1 N–H and O–H groups in total. The van der Waals surface area contributed by atoms with Gasteiger partial charge in [-0.3, -0.25) is 0 Å². The summed E-state index contributed by atoms with van der Waals surface area (Å²) in [5.41, 5.74) is 0.532. The molecule has 0 unspecified atom stereocenters. The summed E-state index contributed by atoms with van der Waals surface area (Å²) < 4.78 is 44.3. The van der Waals surface area contributed by atoms with Crippen molar-refractivity contribution in [3.05, 3.63) is 47.5 Å². The van der Waals surface area contributed by atoms with E-state index in [4.69, 9.17) is 25.5 Å². The third-order valence-corrected chi connectivity index (χ3v) is 7.71. The van der Waals surface area contributed by atoms with Gasteiger partial charge < -0.3 is 19.2 Å². The van der Waals surface area contributed by atoms with E-state index in [1.54, 1.807) is 30.3 Å². The molecule has 0 bridgehead atoms. The average molecular weight is 475 g/mol. The summed E-state index contributed by atoms with van der Waals surface area (Å²) in [6.07, 6.45) is 5.26. The fourth-order valence-corrected chi connectivity index (χ4v) is 5.56. The molecule has 0 atom stereocenters. The molecule has 0 saturated heterocycles. The van der Waals surface area contributed by atoms with E-state index in [0.717, 1.165) is 25.7 Å². The molecule has 5 rings (SSSR count). The van der Waals surface area contributed by atoms with Crippen molar-refractivity contribution < 1.29 is 22.3 Å². The second-order valence-electron chi connectivity index (χ2n) is 7.92. The number of rotatable bonds is 5. The van der Waals surface area contributed by atoms with Gasteiger partial charge in [0.15, 0.2) is 11.5 Å². The second kappa shape index (κ2) is 8.67. The summed E-state index contributed by atoms with van der Waals surface area (Å²) in [5.74, 6) is 1.22. The fraction of sp³-hybridized carbons (Fsp3) is 0.348. The van der Waals surface area contributed by atoms with Crippen molar-refractivity contribution in [3.8, 4) is 23.0 Å². The molecule has 3 aromatic rings. The number of nitrogens with zero attached hydrogens (tertiary/aromatic N) is 1. The number of halogens is 1. The van der Waals surface area contributed by atoms with Crippen molar-refractivity contribution in [2.24, 2.45) is 0 Å². The molecule has 0 radical (unpaired) electrons. The van der Waals surface area contributed by atoms with Crippen LogP contribution in [0.3, 0.4) is 0 Å². The molecule has 0 spiro atoms. The molecule has 1 aromatic heterocycles. The van der Waals surface area contributed by atoms with Crippen molar-refractivity contribution >= 4 is 27.3 Å². The van der Waals surface area contributed by atoms with Crippen LogP contribution in [0.15, 0.2) is 56.8 Å². The van der Waals surface area contributed by atoms with Crippen LogP contribution in [0.2, 0.25) is 5.02 Å². The average Bonchev–Trinajstić information content (AvgIpc) is 3.24. The molecule has 2 aliphatic rings. The third-order valence-electron chi connectivity index (χ3n) is 5.72. The van der Waals surface area contributed by atoms with E-state index >= 15 is 0 Å². The zero-order valence-electron chi connectivity index (χ0n) is 17.3. The van der Waals surface area contributed by atoms with Crippen LogP contribution in [0.5, 0.6) is 11.5 Å². The van der Waals surface area contributed by atoms with Crippen molar-refractivity contribution in [1.82, 2.24) is 4.98 Å². The normalized spacial score (nSPS) is 16.7. The van der Waals surface area contributed by atoms with Crippen molar-refractivity contribution in [3.63, 3.8) is 0 Å². The Kier molecular flexibility index (Phi) is 5.73. The van der Waals surface area contributed by atoms with E-state index in [1.165, 1.54) is 18.6 Å². The molecule has 2 heterocycles. The lowest BCUT2D eigenvalue weighted by atomic mass is 9.96. The van der Waals surface area contributed by atoms with E-state index in [9.17, 15) is 8.42 Å². The van der Waals surface area contributed by atoms with Gasteiger partial charge in [-0.25, -0.2) is 8.42 Å². The zero-order chi connectivity index (χ0) is 22.1. The quantitative estimate of drug-likeness (QED) is 0.533. The number of fused-ring (bicyclic) bond motifs is 1. The molecule has 1 aliphatic carbocycles. The van der Waals surface area contributed by atoms with Gasteiger partial charge in [-0.1, -0.05) is 43.0 Å². The highest BCUT2D eigenvalue weighted by molar-refractivity contribution is 7.91. The minimum Gasteiger partial charge on any atom is -0.486 e. The van der Waals surface area contributed by atoms with Crippen LogP contribution in [-0.4, -0.2) is 32.7 Å². The molecule has 2 aromatic carbocycles. The highest BCUT2D eigenvalue weighted by Crippen LogP contribution is 2.39. The minimum atomic E-state index is -4.00. The Labute approximate surface area is 191 Å². The first-order valence-electron chi connectivity index (χ1n) is 10.7. The number of hydrogen-bond acceptors (Lipinski definition) is 7. The molecule has 1 saturated carbocycles. The zero-order valence-corrected chi connectivity index (χ0v) is 18.9. The number of nitrogens with one attached hydrogen (secondary N) is 1. The monoisotopic (exact) mass is 474 g/mol. The molecule has 0 amide bonds. The first-order valence-corrected chi connectivity index (χ1v) is 12.6. The van der Waals surface area contributed by atoms with Gasteiger partial charge in [-0.15, -0.1) is 0 Å². The van der Waals surface area contributed by atoms with Crippen molar-refractivity contribution in [2.75, 3.05) is 18.5 Å². The van der Waals surface area contributed by atoms with E-state index in [-0.39, 0.29) is 27.7 Å². The maximum atomic E-state index is 13.6. The fourth-order valence-electron chi connectivity index (χ4n) is 4.06. The lowest BCUT2D eigenvalue weighted by molar-refractivity contribution is 0.171. The summed E-state index contributed by atoms with van der Waals surface area (Å²) >= 11 is 6.32. The summed E-state index contributed by atoms with van der Waals surface area (Å²) in [6.45, 7) is 0.796. The number of anilines is 1. The number of oxazole rings is 1. The Morgan fingerprint density at radius 2 is 1.72 bits per heavy atom. The summed E-state index contributed by atoms with van der Waals surface area (Å²) in [6, 6.07) is 11.8. The predicted molar refractivity (Wildman–Crippen MR) is 120 cm³/mol. The maximum absolute atomic E-state index is 13.6. The lowest BCUT2D eigenvalue weighted by Gasteiger charge is -2.22. The van der Waals surface area contributed by atoms with E-state index in [2.05, 4.69) is 10.3 Å². The smallest absolute Gasteiger partial charge is 0.234 e. The Bertz CT molecular complexity index is 1230. The SMILES string of the molecule is O=S(=O)(c1ccc2c(c1)OCCO2)c1nc(-c2ccccc2Cl)oc1NC1CCCCC1. The summed E-state index contributed by atoms with van der Waals surface area (Å²) in [5, 5.41) is 3.56. The van der Waals surface area contributed by atoms with Gasteiger partial charge in [-0.05, 0) is 37.1 Å². The van der Waals surface area contributed by atoms with Crippen molar-refractivity contribution in [1.29, 1.82) is 0 Å².